The number of hydrogen-bond donors (Lipinski definition) is 1. The first kappa shape index (κ1) is 19.1. The molecule has 1 N–H and O–H groups in total. The van der Waals surface area contributed by atoms with Crippen LogP contribution in [-0.4, -0.2) is 38.2 Å². The molecule has 29 heavy (non-hydrogen) atoms. The van der Waals surface area contributed by atoms with E-state index in [2.05, 4.69) is 10.2 Å². The predicted octanol–water partition coefficient (Wildman–Crippen LogP) is 2.68. The molecule has 152 valence electrons. The smallest absolute Gasteiger partial charge is 0.240 e. The number of ether oxygens (including phenoxy) is 2. The monoisotopic (exact) mass is 395 g/mol. The van der Waals surface area contributed by atoms with Gasteiger partial charge in [0.2, 0.25) is 18.6 Å². The molecule has 2 aliphatic heterocycles. The zero-order chi connectivity index (χ0) is 20.2. The average molecular weight is 395 g/mol. The number of fused-ring (bicyclic) bond motifs is 1. The lowest BCUT2D eigenvalue weighted by molar-refractivity contribution is -0.123. The van der Waals surface area contributed by atoms with Crippen molar-refractivity contribution in [1.82, 2.24) is 5.32 Å². The second kappa shape index (κ2) is 8.43. The molecule has 0 aromatic heterocycles. The van der Waals surface area contributed by atoms with Crippen LogP contribution in [0.2, 0.25) is 0 Å². The van der Waals surface area contributed by atoms with Gasteiger partial charge in [-0.15, -0.1) is 0 Å². The number of rotatable bonds is 6. The van der Waals surface area contributed by atoms with Crippen molar-refractivity contribution in [3.05, 3.63) is 48.0 Å². The van der Waals surface area contributed by atoms with E-state index >= 15 is 0 Å². The number of carbonyl (C=O) groups excluding carboxylic acids is 2. The highest BCUT2D eigenvalue weighted by molar-refractivity contribution is 5.97. The summed E-state index contributed by atoms with van der Waals surface area (Å²) in [5.74, 6) is 0.999. The Morgan fingerprint density at radius 1 is 1.03 bits per heavy atom. The van der Waals surface area contributed by atoms with E-state index in [0.717, 1.165) is 30.0 Å². The fraction of sp³-hybridized carbons (Fsp3) is 0.364. The summed E-state index contributed by atoms with van der Waals surface area (Å²) < 4.78 is 10.6. The lowest BCUT2D eigenvalue weighted by atomic mass is 10.2. The zero-order valence-electron chi connectivity index (χ0n) is 16.5. The van der Waals surface area contributed by atoms with E-state index in [4.69, 9.17) is 9.47 Å². The average Bonchev–Trinajstić information content (AvgIpc) is 3.42. The minimum Gasteiger partial charge on any atom is -0.454 e. The van der Waals surface area contributed by atoms with Crippen molar-refractivity contribution in [2.24, 2.45) is 0 Å². The van der Waals surface area contributed by atoms with Crippen molar-refractivity contribution >= 4 is 23.2 Å². The molecule has 2 aromatic rings. The number of nitrogens with zero attached hydrogens (tertiary/aromatic N) is 2. The molecule has 2 aromatic carbocycles. The molecule has 0 radical (unpaired) electrons. The molecule has 0 saturated carbocycles. The third-order valence-electron chi connectivity index (χ3n) is 5.24. The molecule has 7 nitrogen and oxygen atoms in total. The first-order valence-corrected chi connectivity index (χ1v) is 9.88. The first-order valence-electron chi connectivity index (χ1n) is 9.88. The third-order valence-corrected chi connectivity index (χ3v) is 5.24. The van der Waals surface area contributed by atoms with E-state index in [1.165, 1.54) is 24.7 Å². The number of nitrogens with one attached hydrogen (secondary N) is 1. The second-order valence-corrected chi connectivity index (χ2v) is 7.28. The molecule has 1 saturated heterocycles. The zero-order valence-corrected chi connectivity index (χ0v) is 16.5. The maximum absolute atomic E-state index is 12.4. The highest BCUT2D eigenvalue weighted by atomic mass is 16.7. The maximum atomic E-state index is 12.4. The van der Waals surface area contributed by atoms with E-state index in [9.17, 15) is 9.59 Å². The fourth-order valence-corrected chi connectivity index (χ4v) is 3.65. The number of anilines is 2. The Kier molecular flexibility index (Phi) is 5.55. The summed E-state index contributed by atoms with van der Waals surface area (Å²) in [5, 5.41) is 2.86. The van der Waals surface area contributed by atoms with Crippen LogP contribution >= 0.6 is 0 Å². The molecule has 7 heteroatoms. The van der Waals surface area contributed by atoms with Crippen LogP contribution in [0, 0.1) is 0 Å². The normalized spacial score (nSPS) is 14.7. The quantitative estimate of drug-likeness (QED) is 0.814. The molecule has 2 aliphatic rings. The Balaban J connectivity index is 1.36. The van der Waals surface area contributed by atoms with Crippen molar-refractivity contribution in [1.29, 1.82) is 0 Å². The Bertz CT molecular complexity index is 891. The van der Waals surface area contributed by atoms with Crippen LogP contribution in [0.1, 0.15) is 25.3 Å². The molecular weight excluding hydrogens is 370 g/mol. The van der Waals surface area contributed by atoms with Gasteiger partial charge in [0.05, 0.1) is 0 Å². The Morgan fingerprint density at radius 2 is 1.76 bits per heavy atom. The number of benzene rings is 2. The van der Waals surface area contributed by atoms with Crippen LogP contribution in [-0.2, 0) is 16.1 Å². The topological polar surface area (TPSA) is 71.1 Å². The van der Waals surface area contributed by atoms with Gasteiger partial charge in [0.1, 0.15) is 6.54 Å². The summed E-state index contributed by atoms with van der Waals surface area (Å²) in [6, 6.07) is 13.4. The van der Waals surface area contributed by atoms with Gasteiger partial charge in [0.25, 0.3) is 0 Å². The van der Waals surface area contributed by atoms with E-state index in [1.807, 2.05) is 42.5 Å². The molecule has 0 atom stereocenters. The molecule has 1 fully saturated rings. The van der Waals surface area contributed by atoms with Gasteiger partial charge in [0.15, 0.2) is 11.5 Å². The molecule has 0 bridgehead atoms. The van der Waals surface area contributed by atoms with Crippen molar-refractivity contribution in [3.63, 3.8) is 0 Å². The summed E-state index contributed by atoms with van der Waals surface area (Å²) in [5.41, 5.74) is 2.78. The van der Waals surface area contributed by atoms with Crippen molar-refractivity contribution < 1.29 is 19.1 Å². The maximum Gasteiger partial charge on any atom is 0.240 e. The summed E-state index contributed by atoms with van der Waals surface area (Å²) in [6.45, 7) is 4.16. The minimum absolute atomic E-state index is 0.0249. The van der Waals surface area contributed by atoms with E-state index < -0.39 is 0 Å². The van der Waals surface area contributed by atoms with E-state index in [1.54, 1.807) is 0 Å². The van der Waals surface area contributed by atoms with Crippen LogP contribution in [0.25, 0.3) is 0 Å². The predicted molar refractivity (Wildman–Crippen MR) is 110 cm³/mol. The molecule has 0 spiro atoms. The third kappa shape index (κ3) is 4.45. The molecule has 0 unspecified atom stereocenters. The number of amides is 2. The summed E-state index contributed by atoms with van der Waals surface area (Å²) >= 11 is 0. The fourth-order valence-electron chi connectivity index (χ4n) is 3.65. The summed E-state index contributed by atoms with van der Waals surface area (Å²) in [4.78, 5) is 28.4. The number of hydrogen-bond acceptors (Lipinski definition) is 5. The van der Waals surface area contributed by atoms with Gasteiger partial charge < -0.3 is 24.6 Å². The van der Waals surface area contributed by atoms with Crippen LogP contribution in [0.15, 0.2) is 42.5 Å². The van der Waals surface area contributed by atoms with Gasteiger partial charge in [-0.3, -0.25) is 9.59 Å². The SMILES string of the molecule is CC(=O)N(CC(=O)NCc1ccc2c(c1)OCO2)c1ccc(N2CCCC2)cc1. The van der Waals surface area contributed by atoms with Crippen molar-refractivity contribution in [2.45, 2.75) is 26.3 Å². The van der Waals surface area contributed by atoms with Gasteiger partial charge in [-0.25, -0.2) is 0 Å². The van der Waals surface area contributed by atoms with Gasteiger partial charge in [-0.05, 0) is 54.8 Å². The number of carbonyl (C=O) groups is 2. The largest absolute Gasteiger partial charge is 0.454 e. The standard InChI is InChI=1S/C22H25N3O4/c1-16(26)25(19-7-5-18(6-8-19)24-10-2-3-11-24)14-22(27)23-13-17-4-9-20-21(12-17)29-15-28-20/h4-9,12H,2-3,10-11,13-15H2,1H3,(H,23,27). The highest BCUT2D eigenvalue weighted by Gasteiger charge is 2.18. The van der Waals surface area contributed by atoms with Gasteiger partial charge in [0, 0.05) is 37.9 Å². The Morgan fingerprint density at radius 3 is 2.48 bits per heavy atom. The second-order valence-electron chi connectivity index (χ2n) is 7.28. The molecule has 2 amide bonds. The van der Waals surface area contributed by atoms with Gasteiger partial charge >= 0.3 is 0 Å². The Hall–Kier alpha value is -3.22. The summed E-state index contributed by atoms with van der Waals surface area (Å²) in [6.07, 6.45) is 2.43. The van der Waals surface area contributed by atoms with Crippen LogP contribution < -0.4 is 24.6 Å². The van der Waals surface area contributed by atoms with Crippen LogP contribution in [0.3, 0.4) is 0 Å². The Labute approximate surface area is 170 Å². The van der Waals surface area contributed by atoms with Crippen molar-refractivity contribution in [2.75, 3.05) is 36.2 Å². The van der Waals surface area contributed by atoms with Gasteiger partial charge in [-0.2, -0.15) is 0 Å². The van der Waals surface area contributed by atoms with Crippen LogP contribution in [0.5, 0.6) is 11.5 Å². The first-order chi connectivity index (χ1) is 14.1. The highest BCUT2D eigenvalue weighted by Crippen LogP contribution is 2.32. The minimum atomic E-state index is -0.221. The molecule has 2 heterocycles. The molecule has 4 rings (SSSR count). The van der Waals surface area contributed by atoms with Gasteiger partial charge in [-0.1, -0.05) is 6.07 Å². The van der Waals surface area contributed by atoms with Crippen molar-refractivity contribution in [3.8, 4) is 11.5 Å². The van der Waals surface area contributed by atoms with E-state index in [-0.39, 0.29) is 25.2 Å². The molecular formula is C22H25N3O4. The summed E-state index contributed by atoms with van der Waals surface area (Å²) in [7, 11) is 0. The van der Waals surface area contributed by atoms with Crippen LogP contribution in [0.4, 0.5) is 11.4 Å². The lowest BCUT2D eigenvalue weighted by Crippen LogP contribution is -2.39. The lowest BCUT2D eigenvalue weighted by Gasteiger charge is -2.23. The van der Waals surface area contributed by atoms with E-state index in [0.29, 0.717) is 18.0 Å². The molecule has 0 aliphatic carbocycles.